The molecule has 0 atom stereocenters. The molecule has 20 heavy (non-hydrogen) atoms. The molecule has 0 aliphatic heterocycles. The number of carboxylic acids is 1. The first-order valence-corrected chi connectivity index (χ1v) is 6.83. The lowest BCUT2D eigenvalue weighted by atomic mass is 10.1. The average Bonchev–Trinajstić information content (AvgIpc) is 2.39. The van der Waals surface area contributed by atoms with Crippen LogP contribution in [0.1, 0.15) is 36.2 Å². The van der Waals surface area contributed by atoms with Crippen LogP contribution in [0.25, 0.3) is 0 Å². The third-order valence-corrected chi connectivity index (χ3v) is 2.91. The monoisotopic (exact) mass is 278 g/mol. The van der Waals surface area contributed by atoms with E-state index in [9.17, 15) is 9.59 Å². The van der Waals surface area contributed by atoms with Crippen molar-refractivity contribution in [2.45, 2.75) is 26.7 Å². The molecule has 0 aliphatic carbocycles. The Morgan fingerprint density at radius 1 is 1.10 bits per heavy atom. The van der Waals surface area contributed by atoms with Crippen LogP contribution in [0.5, 0.6) is 0 Å². The molecule has 110 valence electrons. The van der Waals surface area contributed by atoms with Gasteiger partial charge in [0.25, 0.3) is 0 Å². The summed E-state index contributed by atoms with van der Waals surface area (Å²) in [5.74, 6) is -0.359. The molecule has 0 aliphatic rings. The van der Waals surface area contributed by atoms with Gasteiger partial charge in [-0.2, -0.15) is 0 Å². The molecule has 0 saturated heterocycles. The van der Waals surface area contributed by atoms with Crippen molar-refractivity contribution in [3.8, 4) is 0 Å². The fourth-order valence-corrected chi connectivity index (χ4v) is 1.67. The minimum absolute atomic E-state index is 0.159. The van der Waals surface area contributed by atoms with Crippen LogP contribution < -0.4 is 10.6 Å². The lowest BCUT2D eigenvalue weighted by Crippen LogP contribution is -2.37. The second-order valence-corrected chi connectivity index (χ2v) is 5.12. The standard InChI is InChI=1S/C15H22N2O3/c1-11(2)7-9-16-15(20)17-10-8-12-3-5-13(6-4-12)14(18)19/h3-6,11H,7-10H2,1-2H3,(H,18,19)(H2,16,17,20). The topological polar surface area (TPSA) is 78.4 Å². The summed E-state index contributed by atoms with van der Waals surface area (Å²) in [5, 5.41) is 14.4. The maximum Gasteiger partial charge on any atom is 0.335 e. The highest BCUT2D eigenvalue weighted by Crippen LogP contribution is 2.04. The van der Waals surface area contributed by atoms with Gasteiger partial charge in [0.05, 0.1) is 5.56 Å². The summed E-state index contributed by atoms with van der Waals surface area (Å²) in [6, 6.07) is 6.51. The Bertz CT molecular complexity index is 441. The number of urea groups is 1. The summed E-state index contributed by atoms with van der Waals surface area (Å²) < 4.78 is 0. The van der Waals surface area contributed by atoms with Gasteiger partial charge in [0.2, 0.25) is 0 Å². The van der Waals surface area contributed by atoms with Crippen LogP contribution in [0.2, 0.25) is 0 Å². The molecule has 1 rings (SSSR count). The Kier molecular flexibility index (Phi) is 6.56. The Labute approximate surface area is 119 Å². The number of nitrogens with one attached hydrogen (secondary N) is 2. The highest BCUT2D eigenvalue weighted by molar-refractivity contribution is 5.87. The Morgan fingerprint density at radius 2 is 1.70 bits per heavy atom. The van der Waals surface area contributed by atoms with Crippen molar-refractivity contribution in [2.24, 2.45) is 5.92 Å². The largest absolute Gasteiger partial charge is 0.478 e. The smallest absolute Gasteiger partial charge is 0.335 e. The van der Waals surface area contributed by atoms with Gasteiger partial charge in [-0.3, -0.25) is 0 Å². The van der Waals surface area contributed by atoms with Gasteiger partial charge in [0.15, 0.2) is 0 Å². The number of carboxylic acid groups (broad SMARTS) is 1. The van der Waals surface area contributed by atoms with Crippen LogP contribution in [0, 0.1) is 5.92 Å². The van der Waals surface area contributed by atoms with Gasteiger partial charge in [-0.05, 0) is 36.5 Å². The van der Waals surface area contributed by atoms with E-state index < -0.39 is 5.97 Å². The quantitative estimate of drug-likeness (QED) is 0.716. The Hall–Kier alpha value is -2.04. The Balaban J connectivity index is 2.23. The number of rotatable bonds is 7. The highest BCUT2D eigenvalue weighted by Gasteiger charge is 2.03. The van der Waals surface area contributed by atoms with Crippen molar-refractivity contribution in [1.82, 2.24) is 10.6 Å². The summed E-state index contributed by atoms with van der Waals surface area (Å²) in [7, 11) is 0. The predicted octanol–water partition coefficient (Wildman–Crippen LogP) is 2.27. The lowest BCUT2D eigenvalue weighted by molar-refractivity contribution is 0.0697. The predicted molar refractivity (Wildman–Crippen MR) is 78.0 cm³/mol. The second kappa shape index (κ2) is 8.19. The summed E-state index contributed by atoms with van der Waals surface area (Å²) >= 11 is 0. The minimum Gasteiger partial charge on any atom is -0.478 e. The number of hydrogen-bond donors (Lipinski definition) is 3. The van der Waals surface area contributed by atoms with Crippen LogP contribution in [-0.4, -0.2) is 30.2 Å². The molecule has 2 amide bonds. The van der Waals surface area contributed by atoms with Crippen LogP contribution in [0.3, 0.4) is 0 Å². The maximum atomic E-state index is 11.5. The number of amides is 2. The van der Waals surface area contributed by atoms with Gasteiger partial charge in [0, 0.05) is 13.1 Å². The molecule has 0 unspecified atom stereocenters. The van der Waals surface area contributed by atoms with Gasteiger partial charge in [-0.25, -0.2) is 9.59 Å². The molecule has 0 heterocycles. The maximum absolute atomic E-state index is 11.5. The number of benzene rings is 1. The first-order valence-electron chi connectivity index (χ1n) is 6.83. The van der Waals surface area contributed by atoms with Gasteiger partial charge in [-0.1, -0.05) is 26.0 Å². The van der Waals surface area contributed by atoms with Crippen LogP contribution in [-0.2, 0) is 6.42 Å². The molecule has 0 saturated carbocycles. The summed E-state index contributed by atoms with van der Waals surface area (Å²) in [5.41, 5.74) is 1.27. The average molecular weight is 278 g/mol. The van der Waals surface area contributed by atoms with E-state index in [1.807, 2.05) is 0 Å². The van der Waals surface area contributed by atoms with Gasteiger partial charge >= 0.3 is 12.0 Å². The van der Waals surface area contributed by atoms with E-state index in [1.165, 1.54) is 0 Å². The molecule has 0 fully saturated rings. The van der Waals surface area contributed by atoms with Crippen LogP contribution in [0.15, 0.2) is 24.3 Å². The zero-order chi connectivity index (χ0) is 15.0. The fraction of sp³-hybridized carbons (Fsp3) is 0.467. The number of carbonyl (C=O) groups excluding carboxylic acids is 1. The molecular weight excluding hydrogens is 256 g/mol. The zero-order valence-electron chi connectivity index (χ0n) is 12.0. The molecule has 0 spiro atoms. The van der Waals surface area contributed by atoms with E-state index in [0.717, 1.165) is 12.0 Å². The van der Waals surface area contributed by atoms with E-state index in [1.54, 1.807) is 24.3 Å². The SMILES string of the molecule is CC(C)CCNC(=O)NCCc1ccc(C(=O)O)cc1. The van der Waals surface area contributed by atoms with Gasteiger partial charge < -0.3 is 15.7 Å². The molecule has 5 nitrogen and oxygen atoms in total. The molecule has 0 radical (unpaired) electrons. The summed E-state index contributed by atoms with van der Waals surface area (Å²) in [6.45, 7) is 5.43. The van der Waals surface area contributed by atoms with Crippen molar-refractivity contribution in [2.75, 3.05) is 13.1 Å². The van der Waals surface area contributed by atoms with Crippen molar-refractivity contribution < 1.29 is 14.7 Å². The van der Waals surface area contributed by atoms with E-state index in [0.29, 0.717) is 25.4 Å². The number of carbonyl (C=O) groups is 2. The summed E-state index contributed by atoms with van der Waals surface area (Å²) in [4.78, 5) is 22.2. The van der Waals surface area contributed by atoms with E-state index in [2.05, 4.69) is 24.5 Å². The number of aromatic carboxylic acids is 1. The second-order valence-electron chi connectivity index (χ2n) is 5.12. The third-order valence-electron chi connectivity index (χ3n) is 2.91. The molecule has 1 aromatic carbocycles. The molecule has 3 N–H and O–H groups in total. The fourth-order valence-electron chi connectivity index (χ4n) is 1.67. The minimum atomic E-state index is -0.931. The van der Waals surface area contributed by atoms with Crippen LogP contribution in [0.4, 0.5) is 4.79 Å². The Morgan fingerprint density at radius 3 is 2.25 bits per heavy atom. The molecule has 0 bridgehead atoms. The van der Waals surface area contributed by atoms with E-state index >= 15 is 0 Å². The molecule has 5 heteroatoms. The number of hydrogen-bond acceptors (Lipinski definition) is 2. The van der Waals surface area contributed by atoms with Crippen molar-refractivity contribution >= 4 is 12.0 Å². The molecule has 1 aromatic rings. The third kappa shape index (κ3) is 6.22. The summed E-state index contributed by atoms with van der Waals surface area (Å²) in [6.07, 6.45) is 1.64. The lowest BCUT2D eigenvalue weighted by Gasteiger charge is -2.09. The van der Waals surface area contributed by atoms with Crippen molar-refractivity contribution in [1.29, 1.82) is 0 Å². The normalized spacial score (nSPS) is 10.3. The van der Waals surface area contributed by atoms with E-state index in [-0.39, 0.29) is 11.6 Å². The van der Waals surface area contributed by atoms with E-state index in [4.69, 9.17) is 5.11 Å². The van der Waals surface area contributed by atoms with Crippen molar-refractivity contribution in [3.63, 3.8) is 0 Å². The van der Waals surface area contributed by atoms with Crippen LogP contribution >= 0.6 is 0 Å². The van der Waals surface area contributed by atoms with Gasteiger partial charge in [0.1, 0.15) is 0 Å². The van der Waals surface area contributed by atoms with Gasteiger partial charge in [-0.15, -0.1) is 0 Å². The first-order chi connectivity index (χ1) is 9.49. The zero-order valence-corrected chi connectivity index (χ0v) is 12.0. The molecule has 0 aromatic heterocycles. The van der Waals surface area contributed by atoms with Crippen molar-refractivity contribution in [3.05, 3.63) is 35.4 Å². The first kappa shape index (κ1) is 16.0. The highest BCUT2D eigenvalue weighted by atomic mass is 16.4. The molecular formula is C15H22N2O3.